The minimum atomic E-state index is -2.01. The Hall–Kier alpha value is -0.393. The van der Waals surface area contributed by atoms with Crippen molar-refractivity contribution in [2.45, 2.75) is 116 Å². The second-order valence-electron chi connectivity index (χ2n) is 9.03. The maximum Gasteiger partial charge on any atom is 0.247 e. The monoisotopic (exact) mass is 387 g/mol. The molecule has 0 radical (unpaired) electrons. The van der Waals surface area contributed by atoms with Crippen LogP contribution in [0.3, 0.4) is 0 Å². The van der Waals surface area contributed by atoms with Gasteiger partial charge in [0.15, 0.2) is 8.32 Å². The van der Waals surface area contributed by atoms with Crippen LogP contribution in [0.25, 0.3) is 0 Å². The third kappa shape index (κ3) is 12.1. The van der Waals surface area contributed by atoms with Gasteiger partial charge >= 0.3 is 0 Å². The molecule has 1 atom stereocenters. The summed E-state index contributed by atoms with van der Waals surface area (Å²) in [6.07, 6.45) is 12.4. The molecule has 0 bridgehead atoms. The van der Waals surface area contributed by atoms with Gasteiger partial charge in [-0.2, -0.15) is 0 Å². The van der Waals surface area contributed by atoms with Crippen LogP contribution in [0.1, 0.15) is 91.9 Å². The van der Waals surface area contributed by atoms with Crippen LogP contribution in [0.5, 0.6) is 0 Å². The summed E-state index contributed by atoms with van der Waals surface area (Å²) < 4.78 is 11.8. The average Bonchev–Trinajstić information content (AvgIpc) is 2.53. The van der Waals surface area contributed by atoms with E-state index < -0.39 is 20.3 Å². The molecule has 4 nitrogen and oxygen atoms in total. The molecule has 0 saturated heterocycles. The molecule has 156 valence electrons. The number of hydrogen-bond donors (Lipinski definition) is 1. The fourth-order valence-corrected chi connectivity index (χ4v) is 3.84. The van der Waals surface area contributed by atoms with Crippen LogP contribution in [0.2, 0.25) is 18.1 Å². The number of carbonyl (C=O) groups excluding carboxylic acids is 1. The molecule has 0 aliphatic heterocycles. The molecule has 0 fully saturated rings. The highest BCUT2D eigenvalue weighted by Crippen LogP contribution is 2.37. The minimum Gasteiger partial charge on any atom is -0.403 e. The first-order valence-electron chi connectivity index (χ1n) is 10.7. The SMILES string of the molecule is CCCCCCCCCCCCOCC(O[Si](C)(C)C(C)(C)C)C(N)=O. The largest absolute Gasteiger partial charge is 0.403 e. The lowest BCUT2D eigenvalue weighted by atomic mass is 10.1. The van der Waals surface area contributed by atoms with E-state index in [1.807, 2.05) is 0 Å². The van der Waals surface area contributed by atoms with Gasteiger partial charge in [0.25, 0.3) is 0 Å². The molecule has 2 N–H and O–H groups in total. The number of rotatable bonds is 16. The van der Waals surface area contributed by atoms with Crippen LogP contribution in [-0.4, -0.2) is 33.5 Å². The summed E-state index contributed by atoms with van der Waals surface area (Å²) in [6.45, 7) is 13.9. The van der Waals surface area contributed by atoms with Gasteiger partial charge in [-0.15, -0.1) is 0 Å². The van der Waals surface area contributed by atoms with E-state index in [0.29, 0.717) is 6.61 Å². The summed E-state index contributed by atoms with van der Waals surface area (Å²) in [4.78, 5) is 11.7. The quantitative estimate of drug-likeness (QED) is 0.269. The van der Waals surface area contributed by atoms with E-state index in [-0.39, 0.29) is 11.6 Å². The molecule has 0 heterocycles. The zero-order valence-electron chi connectivity index (χ0n) is 18.4. The summed E-state index contributed by atoms with van der Waals surface area (Å²) in [6, 6.07) is 0. The van der Waals surface area contributed by atoms with E-state index >= 15 is 0 Å². The van der Waals surface area contributed by atoms with Crippen LogP contribution in [0.4, 0.5) is 0 Å². The van der Waals surface area contributed by atoms with Gasteiger partial charge in [-0.25, -0.2) is 0 Å². The van der Waals surface area contributed by atoms with Crippen LogP contribution < -0.4 is 5.73 Å². The van der Waals surface area contributed by atoms with Crippen LogP contribution in [0, 0.1) is 0 Å². The van der Waals surface area contributed by atoms with Crippen molar-refractivity contribution in [3.63, 3.8) is 0 Å². The summed E-state index contributed by atoms with van der Waals surface area (Å²) in [7, 11) is -2.01. The topological polar surface area (TPSA) is 61.6 Å². The predicted molar refractivity (Wildman–Crippen MR) is 114 cm³/mol. The van der Waals surface area contributed by atoms with Crippen molar-refractivity contribution >= 4 is 14.2 Å². The van der Waals surface area contributed by atoms with E-state index in [1.165, 1.54) is 57.8 Å². The van der Waals surface area contributed by atoms with Gasteiger partial charge in [0, 0.05) is 6.61 Å². The number of hydrogen-bond acceptors (Lipinski definition) is 3. The van der Waals surface area contributed by atoms with Crippen molar-refractivity contribution in [3.05, 3.63) is 0 Å². The van der Waals surface area contributed by atoms with Gasteiger partial charge in [0.05, 0.1) is 6.61 Å². The standard InChI is InChI=1S/C21H45NO3Si/c1-7-8-9-10-11-12-13-14-15-16-17-24-18-19(20(22)23)25-26(5,6)21(2,3)4/h19H,7-18H2,1-6H3,(H2,22,23). The van der Waals surface area contributed by atoms with Gasteiger partial charge in [0.2, 0.25) is 5.91 Å². The Morgan fingerprint density at radius 3 is 1.81 bits per heavy atom. The zero-order valence-corrected chi connectivity index (χ0v) is 19.4. The smallest absolute Gasteiger partial charge is 0.247 e. The average molecular weight is 388 g/mol. The third-order valence-electron chi connectivity index (χ3n) is 5.47. The van der Waals surface area contributed by atoms with E-state index in [4.69, 9.17) is 14.9 Å². The molecule has 0 aromatic carbocycles. The molecular weight excluding hydrogens is 342 g/mol. The Balaban J connectivity index is 3.78. The highest BCUT2D eigenvalue weighted by molar-refractivity contribution is 6.74. The molecule has 26 heavy (non-hydrogen) atoms. The lowest BCUT2D eigenvalue weighted by molar-refractivity contribution is -0.128. The third-order valence-corrected chi connectivity index (χ3v) is 9.96. The highest BCUT2D eigenvalue weighted by Gasteiger charge is 2.40. The van der Waals surface area contributed by atoms with Crippen LogP contribution in [-0.2, 0) is 14.0 Å². The van der Waals surface area contributed by atoms with Crippen molar-refractivity contribution < 1.29 is 14.0 Å². The van der Waals surface area contributed by atoms with E-state index in [1.54, 1.807) is 0 Å². The second kappa shape index (κ2) is 13.7. The summed E-state index contributed by atoms with van der Waals surface area (Å²) in [5.74, 6) is -0.419. The Morgan fingerprint density at radius 1 is 0.923 bits per heavy atom. The molecule has 0 aromatic rings. The fourth-order valence-electron chi connectivity index (χ4n) is 2.59. The van der Waals surface area contributed by atoms with Gasteiger partial charge < -0.3 is 14.9 Å². The number of primary amides is 1. The summed E-state index contributed by atoms with van der Waals surface area (Å²) in [5, 5.41) is 0.0528. The molecule has 0 spiro atoms. The normalized spacial score (nSPS) is 13.8. The van der Waals surface area contributed by atoms with Crippen LogP contribution >= 0.6 is 0 Å². The molecule has 0 aliphatic rings. The molecule has 0 rings (SSSR count). The number of amides is 1. The first-order chi connectivity index (χ1) is 12.1. The Labute approximate surface area is 163 Å². The molecule has 0 aliphatic carbocycles. The van der Waals surface area contributed by atoms with E-state index in [9.17, 15) is 4.79 Å². The maximum atomic E-state index is 11.7. The lowest BCUT2D eigenvalue weighted by Gasteiger charge is -2.38. The second-order valence-corrected chi connectivity index (χ2v) is 13.8. The Kier molecular flexibility index (Phi) is 13.5. The summed E-state index contributed by atoms with van der Waals surface area (Å²) >= 11 is 0. The van der Waals surface area contributed by atoms with Crippen molar-refractivity contribution in [2.24, 2.45) is 5.73 Å². The molecular formula is C21H45NO3Si. The molecule has 1 amide bonds. The number of ether oxygens (including phenoxy) is 1. The van der Waals surface area contributed by atoms with Gasteiger partial charge in [-0.05, 0) is 24.6 Å². The number of carbonyl (C=O) groups is 1. The fraction of sp³-hybridized carbons (Fsp3) is 0.952. The first kappa shape index (κ1) is 25.6. The number of unbranched alkanes of at least 4 members (excludes halogenated alkanes) is 9. The van der Waals surface area contributed by atoms with Crippen LogP contribution in [0.15, 0.2) is 0 Å². The van der Waals surface area contributed by atoms with Crippen molar-refractivity contribution in [1.82, 2.24) is 0 Å². The lowest BCUT2D eigenvalue weighted by Crippen LogP contribution is -2.49. The molecule has 0 saturated carbocycles. The van der Waals surface area contributed by atoms with Gasteiger partial charge in [-0.1, -0.05) is 85.5 Å². The minimum absolute atomic E-state index is 0.0528. The summed E-state index contributed by atoms with van der Waals surface area (Å²) in [5.41, 5.74) is 5.50. The molecule has 1 unspecified atom stereocenters. The van der Waals surface area contributed by atoms with Crippen molar-refractivity contribution in [2.75, 3.05) is 13.2 Å². The molecule has 0 aromatic heterocycles. The predicted octanol–water partition coefficient (Wildman–Crippen LogP) is 5.80. The van der Waals surface area contributed by atoms with E-state index in [2.05, 4.69) is 40.8 Å². The molecule has 5 heteroatoms. The van der Waals surface area contributed by atoms with Crippen molar-refractivity contribution in [1.29, 1.82) is 0 Å². The Bertz CT molecular complexity index is 367. The van der Waals surface area contributed by atoms with E-state index in [0.717, 1.165) is 6.42 Å². The Morgan fingerprint density at radius 2 is 1.38 bits per heavy atom. The maximum absolute atomic E-state index is 11.7. The van der Waals surface area contributed by atoms with Crippen molar-refractivity contribution in [3.8, 4) is 0 Å². The van der Waals surface area contributed by atoms with Gasteiger partial charge in [-0.3, -0.25) is 4.79 Å². The highest BCUT2D eigenvalue weighted by atomic mass is 28.4. The number of nitrogens with two attached hydrogens (primary N) is 1. The zero-order chi connectivity index (χ0) is 20.1. The van der Waals surface area contributed by atoms with Gasteiger partial charge in [0.1, 0.15) is 6.10 Å². The first-order valence-corrected chi connectivity index (χ1v) is 13.6.